The summed E-state index contributed by atoms with van der Waals surface area (Å²) in [6.07, 6.45) is 5.87. The molecular formula is C18H20Cl2NO2P. The zero-order valence-electron chi connectivity index (χ0n) is 14.4. The summed E-state index contributed by atoms with van der Waals surface area (Å²) in [5.74, 6) is -0.595. The van der Waals surface area contributed by atoms with E-state index in [0.29, 0.717) is 32.2 Å². The predicted octanol–water partition coefficient (Wildman–Crippen LogP) is 5.10. The van der Waals surface area contributed by atoms with Gasteiger partial charge in [-0.3, -0.25) is 9.59 Å². The molecule has 0 radical (unpaired) electrons. The van der Waals surface area contributed by atoms with Gasteiger partial charge < -0.3 is 0 Å². The van der Waals surface area contributed by atoms with Crippen molar-refractivity contribution in [2.45, 2.75) is 20.8 Å². The Balaban J connectivity index is 2.59. The van der Waals surface area contributed by atoms with Gasteiger partial charge in [-0.15, -0.1) is 0 Å². The van der Waals surface area contributed by atoms with E-state index >= 15 is 0 Å². The Bertz CT molecular complexity index is 838. The number of anilines is 1. The van der Waals surface area contributed by atoms with Gasteiger partial charge in [0.1, 0.15) is 0 Å². The number of aryl methyl sites for hydroxylation is 1. The number of carbonyl (C=O) groups is 2. The van der Waals surface area contributed by atoms with E-state index in [0.717, 1.165) is 5.56 Å². The van der Waals surface area contributed by atoms with Crippen molar-refractivity contribution in [3.63, 3.8) is 0 Å². The standard InChI is InChI=1S/C18H20Cl2NO2P/c1-10-7-14(19)13(9-16(20)24(4,5)6)8-15(10)21-17(22)11(2)12(3)18(21)23/h7-9H,4H2,1-3,5-6H3. The summed E-state index contributed by atoms with van der Waals surface area (Å²) in [6, 6.07) is 3.47. The van der Waals surface area contributed by atoms with Gasteiger partial charge in [0.2, 0.25) is 0 Å². The number of carbonyl (C=O) groups excluding carboxylic acids is 2. The fourth-order valence-corrected chi connectivity index (χ4v) is 3.18. The zero-order chi connectivity index (χ0) is 18.4. The van der Waals surface area contributed by atoms with Gasteiger partial charge in [-0.1, -0.05) is 36.4 Å². The average Bonchev–Trinajstić information content (AvgIpc) is 2.65. The fourth-order valence-electron chi connectivity index (χ4n) is 2.30. The molecule has 1 aromatic carbocycles. The van der Waals surface area contributed by atoms with Gasteiger partial charge in [0, 0.05) is 20.9 Å². The van der Waals surface area contributed by atoms with Crippen LogP contribution < -0.4 is 4.90 Å². The van der Waals surface area contributed by atoms with E-state index in [4.69, 9.17) is 23.2 Å². The lowest BCUT2D eigenvalue weighted by Gasteiger charge is -2.19. The first-order valence-corrected chi connectivity index (χ1v) is 11.0. The summed E-state index contributed by atoms with van der Waals surface area (Å²) in [6.45, 7) is 7.51. The Labute approximate surface area is 152 Å². The maximum Gasteiger partial charge on any atom is 0.261 e. The van der Waals surface area contributed by atoms with Crippen LogP contribution in [0, 0.1) is 6.92 Å². The highest BCUT2D eigenvalue weighted by Gasteiger charge is 2.35. The van der Waals surface area contributed by atoms with Crippen LogP contribution in [-0.4, -0.2) is 31.4 Å². The number of imide groups is 1. The van der Waals surface area contributed by atoms with Crippen molar-refractivity contribution in [3.05, 3.63) is 44.2 Å². The smallest absolute Gasteiger partial charge is 0.261 e. The van der Waals surface area contributed by atoms with Crippen molar-refractivity contribution < 1.29 is 9.59 Å². The van der Waals surface area contributed by atoms with Crippen molar-refractivity contribution >= 4 is 60.0 Å². The van der Waals surface area contributed by atoms with Crippen LogP contribution in [0.15, 0.2) is 28.1 Å². The molecule has 24 heavy (non-hydrogen) atoms. The van der Waals surface area contributed by atoms with Crippen LogP contribution in [0.3, 0.4) is 0 Å². The van der Waals surface area contributed by atoms with Gasteiger partial charge >= 0.3 is 0 Å². The largest absolute Gasteiger partial charge is 0.269 e. The minimum absolute atomic E-state index is 0.297. The highest BCUT2D eigenvalue weighted by molar-refractivity contribution is 7.78. The first-order valence-electron chi connectivity index (χ1n) is 7.37. The summed E-state index contributed by atoms with van der Waals surface area (Å²) in [7, 11) is 0. The summed E-state index contributed by atoms with van der Waals surface area (Å²) in [5, 5.41) is 0.517. The van der Waals surface area contributed by atoms with Crippen LogP contribution in [0.4, 0.5) is 5.69 Å². The molecule has 1 aliphatic rings. The topological polar surface area (TPSA) is 37.4 Å². The molecule has 0 atom stereocenters. The number of amides is 2. The Kier molecular flexibility index (Phi) is 5.20. The molecule has 0 N–H and O–H groups in total. The SMILES string of the molecule is C=P(C)(C)C(Cl)=Cc1cc(N2C(=O)C(C)=C(C)C2=O)c(C)cc1Cl. The maximum absolute atomic E-state index is 12.4. The third kappa shape index (κ3) is 3.39. The zero-order valence-corrected chi connectivity index (χ0v) is 16.8. The molecule has 2 rings (SSSR count). The molecule has 2 amide bonds. The van der Waals surface area contributed by atoms with E-state index in [2.05, 4.69) is 6.30 Å². The number of benzene rings is 1. The Morgan fingerprint density at radius 2 is 1.62 bits per heavy atom. The van der Waals surface area contributed by atoms with Gasteiger partial charge in [0.15, 0.2) is 0 Å². The van der Waals surface area contributed by atoms with Crippen molar-refractivity contribution in [1.29, 1.82) is 0 Å². The van der Waals surface area contributed by atoms with Crippen LogP contribution in [0.5, 0.6) is 0 Å². The number of nitrogens with zero attached hydrogens (tertiary/aromatic N) is 1. The Morgan fingerprint density at radius 1 is 1.12 bits per heavy atom. The minimum atomic E-state index is -1.63. The molecule has 1 aliphatic heterocycles. The molecule has 1 heterocycles. The quantitative estimate of drug-likeness (QED) is 0.537. The third-order valence-electron chi connectivity index (χ3n) is 4.02. The molecule has 0 spiro atoms. The monoisotopic (exact) mass is 383 g/mol. The molecule has 0 bridgehead atoms. The number of rotatable bonds is 3. The van der Waals surface area contributed by atoms with E-state index in [1.165, 1.54) is 4.90 Å². The predicted molar refractivity (Wildman–Crippen MR) is 107 cm³/mol. The second-order valence-electron chi connectivity index (χ2n) is 6.51. The number of hydrogen-bond acceptors (Lipinski definition) is 2. The first-order chi connectivity index (χ1) is 10.9. The van der Waals surface area contributed by atoms with Crippen molar-refractivity contribution in [2.24, 2.45) is 0 Å². The van der Waals surface area contributed by atoms with E-state index in [9.17, 15) is 9.59 Å². The summed E-state index contributed by atoms with van der Waals surface area (Å²) in [5.41, 5.74) is 2.88. The molecule has 0 aromatic heterocycles. The van der Waals surface area contributed by atoms with Gasteiger partial charge in [-0.2, -0.15) is 0 Å². The first kappa shape index (κ1) is 19.1. The fraction of sp³-hybridized carbons (Fsp3) is 0.278. The average molecular weight is 384 g/mol. The van der Waals surface area contributed by atoms with Crippen LogP contribution in [0.1, 0.15) is 25.0 Å². The van der Waals surface area contributed by atoms with E-state index in [-0.39, 0.29) is 11.8 Å². The highest BCUT2D eigenvalue weighted by Crippen LogP contribution is 2.49. The minimum Gasteiger partial charge on any atom is -0.269 e. The Morgan fingerprint density at radius 3 is 2.08 bits per heavy atom. The molecule has 0 aliphatic carbocycles. The third-order valence-corrected chi connectivity index (χ3v) is 7.11. The lowest BCUT2D eigenvalue weighted by Crippen LogP contribution is -2.32. The summed E-state index contributed by atoms with van der Waals surface area (Å²) >= 11 is 12.7. The molecule has 0 saturated carbocycles. The highest BCUT2D eigenvalue weighted by atomic mass is 35.5. The van der Waals surface area contributed by atoms with Crippen molar-refractivity contribution in [3.8, 4) is 0 Å². The van der Waals surface area contributed by atoms with Crippen LogP contribution >= 0.6 is 30.1 Å². The summed E-state index contributed by atoms with van der Waals surface area (Å²) < 4.78 is 0.642. The van der Waals surface area contributed by atoms with Gasteiger partial charge in [-0.25, -0.2) is 4.90 Å². The number of halogens is 2. The molecule has 0 unspecified atom stereocenters. The Hall–Kier alpha value is -1.28. The summed E-state index contributed by atoms with van der Waals surface area (Å²) in [4.78, 5) is 26.0. The maximum atomic E-state index is 12.4. The molecular weight excluding hydrogens is 364 g/mol. The van der Waals surface area contributed by atoms with Crippen LogP contribution in [0.25, 0.3) is 6.08 Å². The lowest BCUT2D eigenvalue weighted by atomic mass is 10.1. The second kappa shape index (κ2) is 6.55. The van der Waals surface area contributed by atoms with Crippen molar-refractivity contribution in [2.75, 3.05) is 18.2 Å². The molecule has 1 aromatic rings. The molecule has 0 fully saturated rings. The second-order valence-corrected chi connectivity index (χ2v) is 11.4. The van der Waals surface area contributed by atoms with Gasteiger partial charge in [0.25, 0.3) is 11.8 Å². The van der Waals surface area contributed by atoms with Crippen LogP contribution in [0.2, 0.25) is 5.02 Å². The van der Waals surface area contributed by atoms with Crippen molar-refractivity contribution in [1.82, 2.24) is 0 Å². The van der Waals surface area contributed by atoms with Gasteiger partial charge in [0.05, 0.1) is 5.69 Å². The van der Waals surface area contributed by atoms with E-state index < -0.39 is 6.89 Å². The van der Waals surface area contributed by atoms with E-state index in [1.54, 1.807) is 32.1 Å². The van der Waals surface area contributed by atoms with Gasteiger partial charge in [-0.05, 0) is 63.4 Å². The lowest BCUT2D eigenvalue weighted by molar-refractivity contribution is -0.120. The number of hydrogen-bond donors (Lipinski definition) is 0. The molecule has 0 saturated heterocycles. The molecule has 128 valence electrons. The molecule has 3 nitrogen and oxygen atoms in total. The van der Waals surface area contributed by atoms with Crippen LogP contribution in [-0.2, 0) is 9.59 Å². The molecule has 6 heteroatoms. The van der Waals surface area contributed by atoms with E-state index in [1.807, 2.05) is 20.3 Å². The normalized spacial score (nSPS) is 16.5.